The van der Waals surface area contributed by atoms with E-state index in [0.717, 1.165) is 0 Å². The Bertz CT molecular complexity index is 787. The summed E-state index contributed by atoms with van der Waals surface area (Å²) in [5.74, 6) is -0.931. The molecule has 0 saturated carbocycles. The molecule has 1 aromatic carbocycles. The summed E-state index contributed by atoms with van der Waals surface area (Å²) in [5, 5.41) is 2.93. The first-order valence-corrected chi connectivity index (χ1v) is 7.77. The molecule has 0 bridgehead atoms. The Morgan fingerprint density at radius 1 is 1.12 bits per heavy atom. The van der Waals surface area contributed by atoms with Gasteiger partial charge in [-0.15, -0.1) is 0 Å². The van der Waals surface area contributed by atoms with Crippen molar-refractivity contribution < 1.29 is 18.8 Å². The van der Waals surface area contributed by atoms with Gasteiger partial charge in [-0.2, -0.15) is 0 Å². The van der Waals surface area contributed by atoms with Crippen molar-refractivity contribution in [2.45, 2.75) is 0 Å². The van der Waals surface area contributed by atoms with Gasteiger partial charge in [0.2, 0.25) is 5.91 Å². The van der Waals surface area contributed by atoms with Crippen molar-refractivity contribution in [2.24, 2.45) is 0 Å². The van der Waals surface area contributed by atoms with Crippen LogP contribution in [0.15, 0.2) is 41.0 Å². The Morgan fingerprint density at radius 2 is 1.84 bits per heavy atom. The van der Waals surface area contributed by atoms with Crippen LogP contribution in [0.3, 0.4) is 0 Å². The van der Waals surface area contributed by atoms with Gasteiger partial charge in [-0.05, 0) is 30.3 Å². The van der Waals surface area contributed by atoms with E-state index in [1.807, 2.05) is 0 Å². The van der Waals surface area contributed by atoms with Crippen LogP contribution >= 0.6 is 11.6 Å². The lowest BCUT2D eigenvalue weighted by Gasteiger charge is -2.16. The van der Waals surface area contributed by atoms with E-state index in [2.05, 4.69) is 5.32 Å². The molecule has 1 heterocycles. The van der Waals surface area contributed by atoms with Crippen molar-refractivity contribution >= 4 is 35.0 Å². The van der Waals surface area contributed by atoms with Crippen LogP contribution in [0.1, 0.15) is 20.9 Å². The zero-order chi connectivity index (χ0) is 18.6. The van der Waals surface area contributed by atoms with Crippen LogP contribution < -0.4 is 5.32 Å². The van der Waals surface area contributed by atoms with Crippen molar-refractivity contribution in [3.63, 3.8) is 0 Å². The predicted molar refractivity (Wildman–Crippen MR) is 93.8 cm³/mol. The molecule has 7 nitrogen and oxygen atoms in total. The topological polar surface area (TPSA) is 82.9 Å². The van der Waals surface area contributed by atoms with E-state index >= 15 is 0 Å². The number of furan rings is 1. The van der Waals surface area contributed by atoms with E-state index < -0.39 is 11.8 Å². The Morgan fingerprint density at radius 3 is 2.44 bits per heavy atom. The third-order valence-electron chi connectivity index (χ3n) is 3.35. The number of benzene rings is 1. The fourth-order valence-electron chi connectivity index (χ4n) is 2.08. The number of hydrogen-bond donors (Lipinski definition) is 1. The van der Waals surface area contributed by atoms with Crippen molar-refractivity contribution in [1.29, 1.82) is 0 Å². The van der Waals surface area contributed by atoms with Gasteiger partial charge in [0.25, 0.3) is 11.8 Å². The number of halogens is 1. The molecule has 25 heavy (non-hydrogen) atoms. The fraction of sp³-hybridized carbons (Fsp3) is 0.235. The van der Waals surface area contributed by atoms with E-state index in [-0.39, 0.29) is 23.8 Å². The molecule has 0 spiro atoms. The normalized spacial score (nSPS) is 10.2. The van der Waals surface area contributed by atoms with Crippen LogP contribution in [0.5, 0.6) is 0 Å². The van der Waals surface area contributed by atoms with Gasteiger partial charge >= 0.3 is 0 Å². The van der Waals surface area contributed by atoms with Crippen molar-refractivity contribution in [3.8, 4) is 0 Å². The number of rotatable bonds is 5. The molecule has 1 N–H and O–H groups in total. The number of amides is 3. The zero-order valence-corrected chi connectivity index (χ0v) is 14.8. The highest BCUT2D eigenvalue weighted by Crippen LogP contribution is 2.21. The lowest BCUT2D eigenvalue weighted by molar-refractivity contribution is -0.116. The molecule has 0 saturated heterocycles. The molecule has 0 atom stereocenters. The maximum Gasteiger partial charge on any atom is 0.289 e. The number of anilines is 1. The smallest absolute Gasteiger partial charge is 0.289 e. The number of hydrogen-bond acceptors (Lipinski definition) is 4. The minimum atomic E-state index is -0.409. The van der Waals surface area contributed by atoms with Crippen molar-refractivity contribution in [1.82, 2.24) is 9.80 Å². The first kappa shape index (κ1) is 18.5. The average Bonchev–Trinajstić information content (AvgIpc) is 3.09. The minimum absolute atomic E-state index is 0.153. The van der Waals surface area contributed by atoms with E-state index in [1.54, 1.807) is 26.2 Å². The van der Waals surface area contributed by atoms with Crippen LogP contribution in [-0.4, -0.2) is 55.2 Å². The molecular weight excluding hydrogens is 346 g/mol. The van der Waals surface area contributed by atoms with Crippen molar-refractivity contribution in [2.75, 3.05) is 33.0 Å². The molecule has 0 aliphatic rings. The summed E-state index contributed by atoms with van der Waals surface area (Å²) >= 11 is 6.03. The summed E-state index contributed by atoms with van der Waals surface area (Å²) in [4.78, 5) is 38.9. The second kappa shape index (κ2) is 7.85. The molecular formula is C17H18ClN3O4. The van der Waals surface area contributed by atoms with E-state index in [0.29, 0.717) is 10.7 Å². The summed E-state index contributed by atoms with van der Waals surface area (Å²) < 4.78 is 5.01. The van der Waals surface area contributed by atoms with Gasteiger partial charge in [-0.3, -0.25) is 14.4 Å². The van der Waals surface area contributed by atoms with Crippen LogP contribution in [-0.2, 0) is 4.79 Å². The Hall–Kier alpha value is -2.80. The minimum Gasteiger partial charge on any atom is -0.459 e. The second-order valence-electron chi connectivity index (χ2n) is 5.58. The largest absolute Gasteiger partial charge is 0.459 e. The summed E-state index contributed by atoms with van der Waals surface area (Å²) in [6.45, 7) is -0.168. The van der Waals surface area contributed by atoms with E-state index in [9.17, 15) is 14.4 Å². The van der Waals surface area contributed by atoms with Gasteiger partial charge in [0.05, 0.1) is 23.4 Å². The summed E-state index contributed by atoms with van der Waals surface area (Å²) in [6.07, 6.45) is 1.39. The molecule has 3 amide bonds. The van der Waals surface area contributed by atoms with Crippen LogP contribution in [0.4, 0.5) is 5.69 Å². The quantitative estimate of drug-likeness (QED) is 0.883. The third-order valence-corrected chi connectivity index (χ3v) is 3.68. The van der Waals surface area contributed by atoms with Gasteiger partial charge < -0.3 is 19.5 Å². The lowest BCUT2D eigenvalue weighted by atomic mass is 10.1. The first-order chi connectivity index (χ1) is 11.8. The fourth-order valence-corrected chi connectivity index (χ4v) is 2.28. The molecule has 8 heteroatoms. The molecule has 0 aliphatic heterocycles. The molecule has 132 valence electrons. The zero-order valence-electron chi connectivity index (χ0n) is 14.1. The van der Waals surface area contributed by atoms with Crippen LogP contribution in [0.2, 0.25) is 5.02 Å². The van der Waals surface area contributed by atoms with Gasteiger partial charge in [-0.25, -0.2) is 0 Å². The van der Waals surface area contributed by atoms with Gasteiger partial charge in [0.15, 0.2) is 5.76 Å². The molecule has 0 unspecified atom stereocenters. The molecule has 0 fully saturated rings. The van der Waals surface area contributed by atoms with Crippen LogP contribution in [0, 0.1) is 0 Å². The monoisotopic (exact) mass is 363 g/mol. The van der Waals surface area contributed by atoms with Crippen LogP contribution in [0.25, 0.3) is 0 Å². The molecule has 0 radical (unpaired) electrons. The van der Waals surface area contributed by atoms with Gasteiger partial charge in [-0.1, -0.05) is 11.6 Å². The summed E-state index contributed by atoms with van der Waals surface area (Å²) in [6, 6.07) is 7.73. The molecule has 2 aromatic rings. The molecule has 1 aromatic heterocycles. The third kappa shape index (κ3) is 4.60. The highest BCUT2D eigenvalue weighted by Gasteiger charge is 2.18. The van der Waals surface area contributed by atoms with Gasteiger partial charge in [0.1, 0.15) is 0 Å². The molecule has 2 rings (SSSR count). The number of nitrogens with one attached hydrogen (secondary N) is 1. The summed E-state index contributed by atoms with van der Waals surface area (Å²) in [7, 11) is 4.71. The predicted octanol–water partition coefficient (Wildman–Crippen LogP) is 2.35. The lowest BCUT2D eigenvalue weighted by Crippen LogP contribution is -2.34. The number of carbonyl (C=O) groups is 3. The standard InChI is InChI=1S/C17H18ClN3O4/c1-20(2)16(23)12-9-11(6-7-13(12)18)19-15(22)10-21(3)17(24)14-5-4-8-25-14/h4-9H,10H2,1-3H3,(H,19,22). The Kier molecular flexibility index (Phi) is 5.82. The van der Waals surface area contributed by atoms with Crippen molar-refractivity contribution in [3.05, 3.63) is 52.9 Å². The number of carbonyl (C=O) groups excluding carboxylic acids is 3. The summed E-state index contributed by atoms with van der Waals surface area (Å²) in [5.41, 5.74) is 0.697. The highest BCUT2D eigenvalue weighted by molar-refractivity contribution is 6.34. The average molecular weight is 364 g/mol. The van der Waals surface area contributed by atoms with Gasteiger partial charge in [0, 0.05) is 26.8 Å². The maximum absolute atomic E-state index is 12.1. The maximum atomic E-state index is 12.1. The van der Waals surface area contributed by atoms with E-state index in [1.165, 1.54) is 41.3 Å². The first-order valence-electron chi connectivity index (χ1n) is 7.39. The number of nitrogens with zero attached hydrogens (tertiary/aromatic N) is 2. The molecule has 0 aliphatic carbocycles. The highest BCUT2D eigenvalue weighted by atomic mass is 35.5. The van der Waals surface area contributed by atoms with E-state index in [4.69, 9.17) is 16.0 Å². The second-order valence-corrected chi connectivity index (χ2v) is 5.99. The Labute approximate surface area is 150 Å². The SMILES string of the molecule is CN(C)C(=O)c1cc(NC(=O)CN(C)C(=O)c2ccco2)ccc1Cl. The number of likely N-dealkylation sites (N-methyl/N-ethyl adjacent to an activating group) is 1. The Balaban J connectivity index is 2.04.